The van der Waals surface area contributed by atoms with Crippen molar-refractivity contribution in [2.24, 2.45) is 0 Å². The Hall–Kier alpha value is -3.54. The molecule has 3 aromatic rings. The first kappa shape index (κ1) is 17.3. The molecular weight excluding hydrogens is 333 g/mol. The van der Waals surface area contributed by atoms with Crippen LogP contribution in [0.1, 0.15) is 26.4 Å². The normalized spacial score (nSPS) is 10.2. The van der Waals surface area contributed by atoms with E-state index in [4.69, 9.17) is 0 Å². The number of halogens is 1. The molecule has 0 spiro atoms. The molecule has 0 aliphatic carbocycles. The number of hydrogen-bond acceptors (Lipinski definition) is 3. The minimum absolute atomic E-state index is 0.0857. The molecule has 1 heterocycles. The Bertz CT molecular complexity index is 929. The average Bonchev–Trinajstić information content (AvgIpc) is 2.69. The van der Waals surface area contributed by atoms with E-state index in [0.717, 1.165) is 5.69 Å². The first-order valence-corrected chi connectivity index (χ1v) is 7.97. The number of aromatic nitrogens is 1. The van der Waals surface area contributed by atoms with E-state index >= 15 is 0 Å². The van der Waals surface area contributed by atoms with Crippen LogP contribution in [0.2, 0.25) is 0 Å². The molecule has 0 radical (unpaired) electrons. The molecule has 6 heteroatoms. The van der Waals surface area contributed by atoms with Crippen LogP contribution in [0.4, 0.5) is 10.1 Å². The van der Waals surface area contributed by atoms with Gasteiger partial charge in [0.2, 0.25) is 0 Å². The van der Waals surface area contributed by atoms with Gasteiger partial charge < -0.3 is 10.6 Å². The molecule has 0 saturated carbocycles. The maximum Gasteiger partial charge on any atom is 0.255 e. The van der Waals surface area contributed by atoms with Gasteiger partial charge in [0.05, 0.1) is 17.9 Å². The third-order valence-corrected chi connectivity index (χ3v) is 3.67. The van der Waals surface area contributed by atoms with Gasteiger partial charge >= 0.3 is 0 Å². The van der Waals surface area contributed by atoms with Crippen molar-refractivity contribution in [1.29, 1.82) is 0 Å². The minimum Gasteiger partial charge on any atom is -0.346 e. The van der Waals surface area contributed by atoms with Crippen LogP contribution in [0.3, 0.4) is 0 Å². The highest BCUT2D eigenvalue weighted by Gasteiger charge is 2.12. The summed E-state index contributed by atoms with van der Waals surface area (Å²) in [6.07, 6.45) is 1.65. The minimum atomic E-state index is -0.523. The summed E-state index contributed by atoms with van der Waals surface area (Å²) >= 11 is 0. The summed E-state index contributed by atoms with van der Waals surface area (Å²) in [5, 5.41) is 5.24. The number of pyridine rings is 1. The standard InChI is InChI=1S/C20H16FN3O2/c21-17-9-1-2-10-18(17)24-20(26)15-7-5-6-14(12-15)19(25)23-13-16-8-3-4-11-22-16/h1-12H,13H2,(H,23,25)(H,24,26). The lowest BCUT2D eigenvalue weighted by atomic mass is 10.1. The zero-order chi connectivity index (χ0) is 18.4. The number of anilines is 1. The Labute approximate surface area is 149 Å². The zero-order valence-electron chi connectivity index (χ0n) is 13.8. The van der Waals surface area contributed by atoms with E-state index in [1.165, 1.54) is 24.3 Å². The Morgan fingerprint density at radius 2 is 1.62 bits per heavy atom. The lowest BCUT2D eigenvalue weighted by molar-refractivity contribution is 0.0950. The van der Waals surface area contributed by atoms with Crippen molar-refractivity contribution in [3.63, 3.8) is 0 Å². The molecule has 130 valence electrons. The van der Waals surface area contributed by atoms with E-state index in [1.54, 1.807) is 42.6 Å². The maximum atomic E-state index is 13.7. The van der Waals surface area contributed by atoms with Gasteiger partial charge in [-0.15, -0.1) is 0 Å². The van der Waals surface area contributed by atoms with Crippen LogP contribution in [-0.4, -0.2) is 16.8 Å². The van der Waals surface area contributed by atoms with Crippen molar-refractivity contribution in [2.45, 2.75) is 6.54 Å². The summed E-state index contributed by atoms with van der Waals surface area (Å²) in [6, 6.07) is 17.6. The molecule has 0 saturated heterocycles. The van der Waals surface area contributed by atoms with E-state index in [1.807, 2.05) is 6.07 Å². The Morgan fingerprint density at radius 1 is 0.885 bits per heavy atom. The second-order valence-electron chi connectivity index (χ2n) is 5.52. The second kappa shape index (κ2) is 8.02. The molecule has 2 N–H and O–H groups in total. The molecule has 1 aromatic heterocycles. The van der Waals surface area contributed by atoms with E-state index in [2.05, 4.69) is 15.6 Å². The monoisotopic (exact) mass is 349 g/mol. The molecule has 0 aliphatic heterocycles. The van der Waals surface area contributed by atoms with Crippen LogP contribution in [0.15, 0.2) is 72.9 Å². The smallest absolute Gasteiger partial charge is 0.255 e. The van der Waals surface area contributed by atoms with Crippen molar-refractivity contribution in [1.82, 2.24) is 10.3 Å². The van der Waals surface area contributed by atoms with Crippen LogP contribution in [-0.2, 0) is 6.54 Å². The quantitative estimate of drug-likeness (QED) is 0.742. The number of carbonyl (C=O) groups is 2. The fourth-order valence-electron chi connectivity index (χ4n) is 2.33. The van der Waals surface area contributed by atoms with Crippen molar-refractivity contribution in [3.05, 3.63) is 95.6 Å². The van der Waals surface area contributed by atoms with Gasteiger partial charge in [-0.3, -0.25) is 14.6 Å². The van der Waals surface area contributed by atoms with Gasteiger partial charge in [0.1, 0.15) is 5.82 Å². The third-order valence-electron chi connectivity index (χ3n) is 3.67. The van der Waals surface area contributed by atoms with Gasteiger partial charge in [-0.25, -0.2) is 4.39 Å². The highest BCUT2D eigenvalue weighted by Crippen LogP contribution is 2.14. The van der Waals surface area contributed by atoms with Gasteiger partial charge in [0.25, 0.3) is 11.8 Å². The van der Waals surface area contributed by atoms with Crippen molar-refractivity contribution < 1.29 is 14.0 Å². The number of benzene rings is 2. The van der Waals surface area contributed by atoms with Gasteiger partial charge in [0.15, 0.2) is 0 Å². The van der Waals surface area contributed by atoms with Gasteiger partial charge in [0, 0.05) is 17.3 Å². The average molecular weight is 349 g/mol. The summed E-state index contributed by atoms with van der Waals surface area (Å²) in [5.74, 6) is -1.34. The molecule has 26 heavy (non-hydrogen) atoms. The highest BCUT2D eigenvalue weighted by atomic mass is 19.1. The maximum absolute atomic E-state index is 13.7. The number of nitrogens with one attached hydrogen (secondary N) is 2. The fourth-order valence-corrected chi connectivity index (χ4v) is 2.33. The lowest BCUT2D eigenvalue weighted by Crippen LogP contribution is -2.23. The second-order valence-corrected chi connectivity index (χ2v) is 5.52. The van der Waals surface area contributed by atoms with Crippen LogP contribution < -0.4 is 10.6 Å². The number of carbonyl (C=O) groups excluding carboxylic acids is 2. The molecule has 0 bridgehead atoms. The molecule has 0 unspecified atom stereocenters. The van der Waals surface area contributed by atoms with Crippen LogP contribution in [0.5, 0.6) is 0 Å². The molecule has 0 atom stereocenters. The van der Waals surface area contributed by atoms with E-state index in [9.17, 15) is 14.0 Å². The summed E-state index contributed by atoms with van der Waals surface area (Å²) < 4.78 is 13.7. The van der Waals surface area contributed by atoms with Crippen LogP contribution >= 0.6 is 0 Å². The largest absolute Gasteiger partial charge is 0.346 e. The van der Waals surface area contributed by atoms with E-state index in [0.29, 0.717) is 5.56 Å². The number of amides is 2. The summed E-state index contributed by atoms with van der Waals surface area (Å²) in [7, 11) is 0. The summed E-state index contributed by atoms with van der Waals surface area (Å²) in [4.78, 5) is 28.7. The molecule has 3 rings (SSSR count). The molecule has 0 aliphatic rings. The van der Waals surface area contributed by atoms with Gasteiger partial charge in [-0.05, 0) is 42.5 Å². The summed E-state index contributed by atoms with van der Waals surface area (Å²) in [5.41, 5.74) is 1.41. The topological polar surface area (TPSA) is 71.1 Å². The van der Waals surface area contributed by atoms with Crippen LogP contribution in [0.25, 0.3) is 0 Å². The SMILES string of the molecule is O=C(NCc1ccccn1)c1cccc(C(=O)Nc2ccccc2F)c1. The van der Waals surface area contributed by atoms with Gasteiger partial charge in [-0.2, -0.15) is 0 Å². The number of rotatable bonds is 5. The van der Waals surface area contributed by atoms with Crippen molar-refractivity contribution in [2.75, 3.05) is 5.32 Å². The molecule has 0 fully saturated rings. The van der Waals surface area contributed by atoms with Crippen LogP contribution in [0, 0.1) is 5.82 Å². The highest BCUT2D eigenvalue weighted by molar-refractivity contribution is 6.06. The summed E-state index contributed by atoms with van der Waals surface area (Å²) in [6.45, 7) is 0.283. The Morgan fingerprint density at radius 3 is 2.35 bits per heavy atom. The number of hydrogen-bond donors (Lipinski definition) is 2. The van der Waals surface area contributed by atoms with Crippen molar-refractivity contribution in [3.8, 4) is 0 Å². The van der Waals surface area contributed by atoms with E-state index < -0.39 is 11.7 Å². The molecular formula is C20H16FN3O2. The Kier molecular flexibility index (Phi) is 5.34. The fraction of sp³-hybridized carbons (Fsp3) is 0.0500. The first-order valence-electron chi connectivity index (χ1n) is 7.97. The molecule has 5 nitrogen and oxygen atoms in total. The zero-order valence-corrected chi connectivity index (χ0v) is 13.8. The van der Waals surface area contributed by atoms with Gasteiger partial charge in [-0.1, -0.05) is 24.3 Å². The van der Waals surface area contributed by atoms with E-state index in [-0.39, 0.29) is 23.7 Å². The molecule has 2 aromatic carbocycles. The van der Waals surface area contributed by atoms with Crippen molar-refractivity contribution >= 4 is 17.5 Å². The number of para-hydroxylation sites is 1. The number of nitrogens with zero attached hydrogens (tertiary/aromatic N) is 1. The predicted octanol–water partition coefficient (Wildman–Crippen LogP) is 3.40. The Balaban J connectivity index is 1.68. The first-order chi connectivity index (χ1) is 12.6. The third kappa shape index (κ3) is 4.30. The lowest BCUT2D eigenvalue weighted by Gasteiger charge is -2.08. The molecule has 2 amide bonds. The predicted molar refractivity (Wildman–Crippen MR) is 96.2 cm³/mol.